The largest absolute Gasteiger partial charge is 0.454 e. The number of hydrogen-bond acceptors (Lipinski definition) is 5. The molecule has 0 radical (unpaired) electrons. The summed E-state index contributed by atoms with van der Waals surface area (Å²) in [4.78, 5) is 51.6. The Bertz CT molecular complexity index is 1260. The van der Waals surface area contributed by atoms with Crippen molar-refractivity contribution in [3.8, 4) is 0 Å². The summed E-state index contributed by atoms with van der Waals surface area (Å²) < 4.78 is 5.98. The molecule has 1 heterocycles. The van der Waals surface area contributed by atoms with Gasteiger partial charge in [-0.05, 0) is 48.9 Å². The second-order valence-corrected chi connectivity index (χ2v) is 9.52. The van der Waals surface area contributed by atoms with Crippen molar-refractivity contribution in [2.45, 2.75) is 19.4 Å². The Balaban J connectivity index is 1.29. The van der Waals surface area contributed by atoms with Gasteiger partial charge in [-0.15, -0.1) is 0 Å². The molecular weight excluding hydrogens is 524 g/mol. The van der Waals surface area contributed by atoms with Crippen molar-refractivity contribution in [1.82, 2.24) is 4.90 Å². The van der Waals surface area contributed by atoms with Crippen LogP contribution < -0.4 is 5.32 Å². The van der Waals surface area contributed by atoms with Crippen LogP contribution in [0.2, 0.25) is 0 Å². The van der Waals surface area contributed by atoms with E-state index in [2.05, 4.69) is 21.2 Å². The maximum Gasteiger partial charge on any atom is 0.338 e. The van der Waals surface area contributed by atoms with Crippen LogP contribution >= 0.6 is 15.9 Å². The number of hydrogen-bond donors (Lipinski definition) is 1. The Morgan fingerprint density at radius 3 is 2.28 bits per heavy atom. The fourth-order valence-electron chi connectivity index (χ4n) is 4.06. The number of benzene rings is 3. The van der Waals surface area contributed by atoms with Gasteiger partial charge in [-0.3, -0.25) is 14.4 Å². The van der Waals surface area contributed by atoms with E-state index in [9.17, 15) is 19.2 Å². The van der Waals surface area contributed by atoms with Crippen molar-refractivity contribution in [3.63, 3.8) is 0 Å². The normalized spacial score (nSPS) is 15.9. The van der Waals surface area contributed by atoms with E-state index in [1.54, 1.807) is 41.3 Å². The predicted octanol–water partition coefficient (Wildman–Crippen LogP) is 5.04. The Kier molecular flexibility index (Phi) is 7.95. The fraction of sp³-hybridized carbons (Fsp3) is 0.214. The van der Waals surface area contributed by atoms with E-state index in [0.29, 0.717) is 17.8 Å². The average Bonchev–Trinajstić information content (AvgIpc) is 3.29. The molecular formula is C28H25BrN2O5. The zero-order valence-corrected chi connectivity index (χ0v) is 21.2. The molecule has 0 spiro atoms. The predicted molar refractivity (Wildman–Crippen MR) is 139 cm³/mol. The van der Waals surface area contributed by atoms with Crippen LogP contribution in [0.25, 0.3) is 0 Å². The first-order valence-corrected chi connectivity index (χ1v) is 12.3. The molecule has 1 aliphatic rings. The van der Waals surface area contributed by atoms with Crippen LogP contribution in [-0.4, -0.2) is 41.6 Å². The van der Waals surface area contributed by atoms with E-state index >= 15 is 0 Å². The van der Waals surface area contributed by atoms with E-state index in [1.807, 2.05) is 37.3 Å². The summed E-state index contributed by atoms with van der Waals surface area (Å²) in [6.45, 7) is 1.93. The van der Waals surface area contributed by atoms with Crippen molar-refractivity contribution < 1.29 is 23.9 Å². The Morgan fingerprint density at radius 2 is 1.61 bits per heavy atom. The number of Topliss-reactive ketones (excluding diaryl/α,β-unsaturated/α-hetero) is 1. The fourth-order valence-corrected chi connectivity index (χ4v) is 4.32. The van der Waals surface area contributed by atoms with E-state index in [1.165, 1.54) is 12.1 Å². The summed E-state index contributed by atoms with van der Waals surface area (Å²) in [6.07, 6.45) is 0.153. The molecule has 0 aliphatic carbocycles. The Morgan fingerprint density at radius 1 is 0.972 bits per heavy atom. The van der Waals surface area contributed by atoms with Crippen LogP contribution in [0.1, 0.15) is 45.7 Å². The SMILES string of the molecule is C[C@@H](c1ccccc1)N1C[C@H](C(=O)Nc2ccc(C(=O)OCC(=O)c3ccc(Br)cc3)cc2)CC1=O. The lowest BCUT2D eigenvalue weighted by atomic mass is 10.1. The zero-order valence-electron chi connectivity index (χ0n) is 19.6. The minimum atomic E-state index is -0.634. The topological polar surface area (TPSA) is 92.8 Å². The van der Waals surface area contributed by atoms with E-state index in [-0.39, 0.29) is 42.2 Å². The van der Waals surface area contributed by atoms with Gasteiger partial charge in [-0.25, -0.2) is 4.79 Å². The maximum absolute atomic E-state index is 12.8. The standard InChI is InChI=1S/C28H25BrN2O5/c1-18(19-5-3-2-4-6-19)31-16-22(15-26(31)33)27(34)30-24-13-9-21(10-14-24)28(35)36-17-25(32)20-7-11-23(29)12-8-20/h2-14,18,22H,15-17H2,1H3,(H,30,34)/t18-,22+/m0/s1. The van der Waals surface area contributed by atoms with Crippen molar-refractivity contribution in [3.05, 3.63) is 100 Å². The second-order valence-electron chi connectivity index (χ2n) is 8.61. The monoisotopic (exact) mass is 548 g/mol. The highest BCUT2D eigenvalue weighted by Crippen LogP contribution is 2.29. The van der Waals surface area contributed by atoms with E-state index < -0.39 is 11.9 Å². The summed E-state index contributed by atoms with van der Waals surface area (Å²) in [6, 6.07) is 22.6. The smallest absolute Gasteiger partial charge is 0.338 e. The van der Waals surface area contributed by atoms with Gasteiger partial charge in [0.2, 0.25) is 11.8 Å². The number of halogens is 1. The maximum atomic E-state index is 12.8. The number of esters is 1. The highest BCUT2D eigenvalue weighted by molar-refractivity contribution is 9.10. The highest BCUT2D eigenvalue weighted by atomic mass is 79.9. The lowest BCUT2D eigenvalue weighted by molar-refractivity contribution is -0.129. The first kappa shape index (κ1) is 25.3. The lowest BCUT2D eigenvalue weighted by Gasteiger charge is -2.25. The summed E-state index contributed by atoms with van der Waals surface area (Å²) in [5, 5.41) is 2.82. The summed E-state index contributed by atoms with van der Waals surface area (Å²) in [5.74, 6) is -1.70. The van der Waals surface area contributed by atoms with Crippen molar-refractivity contribution in [1.29, 1.82) is 0 Å². The molecule has 3 aromatic carbocycles. The number of anilines is 1. The van der Waals surface area contributed by atoms with E-state index in [0.717, 1.165) is 10.0 Å². The number of likely N-dealkylation sites (tertiary alicyclic amines) is 1. The third-order valence-electron chi connectivity index (χ3n) is 6.17. The van der Waals surface area contributed by atoms with Gasteiger partial charge in [0.15, 0.2) is 12.4 Å². The molecule has 8 heteroatoms. The molecule has 1 fully saturated rings. The summed E-state index contributed by atoms with van der Waals surface area (Å²) >= 11 is 3.31. The Labute approximate surface area is 217 Å². The molecule has 4 rings (SSSR count). The lowest BCUT2D eigenvalue weighted by Crippen LogP contribution is -2.30. The molecule has 36 heavy (non-hydrogen) atoms. The Hall–Kier alpha value is -3.78. The average molecular weight is 549 g/mol. The van der Waals surface area contributed by atoms with Crippen LogP contribution in [-0.2, 0) is 14.3 Å². The molecule has 1 saturated heterocycles. The van der Waals surface area contributed by atoms with Crippen molar-refractivity contribution in [2.24, 2.45) is 5.92 Å². The molecule has 2 atom stereocenters. The number of rotatable bonds is 8. The molecule has 0 bridgehead atoms. The van der Waals surface area contributed by atoms with Gasteiger partial charge in [-0.2, -0.15) is 0 Å². The first-order valence-electron chi connectivity index (χ1n) is 11.5. The molecule has 7 nitrogen and oxygen atoms in total. The van der Waals surface area contributed by atoms with Crippen molar-refractivity contribution >= 4 is 45.2 Å². The highest BCUT2D eigenvalue weighted by Gasteiger charge is 2.37. The number of amides is 2. The number of nitrogens with zero attached hydrogens (tertiary/aromatic N) is 1. The minimum Gasteiger partial charge on any atom is -0.454 e. The minimum absolute atomic E-state index is 0.0534. The van der Waals surface area contributed by atoms with Gasteiger partial charge in [0.05, 0.1) is 17.5 Å². The van der Waals surface area contributed by atoms with Gasteiger partial charge in [0, 0.05) is 28.7 Å². The number of ether oxygens (including phenoxy) is 1. The van der Waals surface area contributed by atoms with Gasteiger partial charge >= 0.3 is 5.97 Å². The van der Waals surface area contributed by atoms with Crippen LogP contribution in [0.3, 0.4) is 0 Å². The van der Waals surface area contributed by atoms with Crippen LogP contribution in [0.5, 0.6) is 0 Å². The van der Waals surface area contributed by atoms with Crippen LogP contribution in [0, 0.1) is 5.92 Å². The molecule has 0 saturated carbocycles. The third-order valence-corrected chi connectivity index (χ3v) is 6.70. The number of nitrogens with one attached hydrogen (secondary N) is 1. The quantitative estimate of drug-likeness (QED) is 0.314. The summed E-state index contributed by atoms with van der Waals surface area (Å²) in [7, 11) is 0. The molecule has 1 N–H and O–H groups in total. The van der Waals surface area contributed by atoms with Crippen LogP contribution in [0.4, 0.5) is 5.69 Å². The summed E-state index contributed by atoms with van der Waals surface area (Å²) in [5.41, 5.74) is 2.24. The third kappa shape index (κ3) is 6.07. The van der Waals surface area contributed by atoms with Crippen molar-refractivity contribution in [2.75, 3.05) is 18.5 Å². The zero-order chi connectivity index (χ0) is 25.7. The van der Waals surface area contributed by atoms with Gasteiger partial charge in [0.25, 0.3) is 0 Å². The molecule has 0 aromatic heterocycles. The molecule has 184 valence electrons. The van der Waals surface area contributed by atoms with Gasteiger partial charge in [0.1, 0.15) is 0 Å². The van der Waals surface area contributed by atoms with Gasteiger partial charge < -0.3 is 15.0 Å². The number of ketones is 1. The second kappa shape index (κ2) is 11.3. The number of carbonyl (C=O) groups excluding carboxylic acids is 4. The van der Waals surface area contributed by atoms with Gasteiger partial charge in [-0.1, -0.05) is 58.4 Å². The molecule has 0 unspecified atom stereocenters. The molecule has 2 amide bonds. The number of carbonyl (C=O) groups is 4. The molecule has 1 aliphatic heterocycles. The van der Waals surface area contributed by atoms with E-state index in [4.69, 9.17) is 4.74 Å². The van der Waals surface area contributed by atoms with Crippen LogP contribution in [0.15, 0.2) is 83.3 Å². The molecule has 3 aromatic rings. The first-order chi connectivity index (χ1) is 17.3.